The summed E-state index contributed by atoms with van der Waals surface area (Å²) >= 11 is 0. The van der Waals surface area contributed by atoms with E-state index in [4.69, 9.17) is 15.1 Å². The molecule has 17 heavy (non-hydrogen) atoms. The SMILES string of the molecule is Cc1coc(N2CC(CS(=O)(=O)Cl)CC2=O)n1. The molecule has 0 N–H and O–H groups in total. The predicted octanol–water partition coefficient (Wildman–Crippen LogP) is 0.905. The van der Waals surface area contributed by atoms with Crippen molar-refractivity contribution >= 4 is 31.7 Å². The van der Waals surface area contributed by atoms with E-state index in [1.165, 1.54) is 11.2 Å². The Morgan fingerprint density at radius 1 is 1.65 bits per heavy atom. The van der Waals surface area contributed by atoms with Crippen LogP contribution in [0.2, 0.25) is 0 Å². The average Bonchev–Trinajstić information content (AvgIpc) is 2.70. The fourth-order valence-corrected chi connectivity index (χ4v) is 3.15. The first-order chi connectivity index (χ1) is 7.85. The molecule has 1 unspecified atom stereocenters. The minimum Gasteiger partial charge on any atom is -0.431 e. The number of rotatable bonds is 3. The van der Waals surface area contributed by atoms with E-state index in [-0.39, 0.29) is 36.6 Å². The Kier molecular flexibility index (Phi) is 3.13. The Labute approximate surface area is 103 Å². The highest BCUT2D eigenvalue weighted by atomic mass is 35.7. The number of anilines is 1. The summed E-state index contributed by atoms with van der Waals surface area (Å²) in [6.45, 7) is 2.01. The summed E-state index contributed by atoms with van der Waals surface area (Å²) in [6.07, 6.45) is 1.58. The number of oxazole rings is 1. The second-order valence-corrected chi connectivity index (χ2v) is 6.87. The summed E-state index contributed by atoms with van der Waals surface area (Å²) in [5.41, 5.74) is 0.668. The first kappa shape index (κ1) is 12.4. The molecule has 0 radical (unpaired) electrons. The van der Waals surface area contributed by atoms with Crippen molar-refractivity contribution in [3.8, 4) is 0 Å². The van der Waals surface area contributed by atoms with Crippen LogP contribution in [0, 0.1) is 12.8 Å². The Morgan fingerprint density at radius 2 is 2.35 bits per heavy atom. The van der Waals surface area contributed by atoms with E-state index in [1.54, 1.807) is 6.92 Å². The number of carbonyl (C=O) groups excluding carboxylic acids is 1. The van der Waals surface area contributed by atoms with Crippen molar-refractivity contribution in [1.29, 1.82) is 0 Å². The second kappa shape index (κ2) is 4.30. The lowest BCUT2D eigenvalue weighted by atomic mass is 10.1. The van der Waals surface area contributed by atoms with Crippen LogP contribution < -0.4 is 4.90 Å². The molecule has 6 nitrogen and oxygen atoms in total. The highest BCUT2D eigenvalue weighted by Crippen LogP contribution is 2.25. The zero-order valence-corrected chi connectivity index (χ0v) is 10.7. The number of halogens is 1. The number of aromatic nitrogens is 1. The molecule has 94 valence electrons. The van der Waals surface area contributed by atoms with Crippen LogP contribution in [0.3, 0.4) is 0 Å². The topological polar surface area (TPSA) is 80.5 Å². The summed E-state index contributed by atoms with van der Waals surface area (Å²) < 4.78 is 27.0. The molecule has 8 heteroatoms. The van der Waals surface area contributed by atoms with Gasteiger partial charge in [-0.2, -0.15) is 4.98 Å². The number of hydrogen-bond donors (Lipinski definition) is 0. The van der Waals surface area contributed by atoms with Gasteiger partial charge in [0.15, 0.2) is 0 Å². The van der Waals surface area contributed by atoms with Gasteiger partial charge < -0.3 is 4.42 Å². The van der Waals surface area contributed by atoms with Gasteiger partial charge in [0.1, 0.15) is 6.26 Å². The lowest BCUT2D eigenvalue weighted by Crippen LogP contribution is -2.25. The largest absolute Gasteiger partial charge is 0.431 e. The van der Waals surface area contributed by atoms with Crippen LogP contribution in [0.1, 0.15) is 12.1 Å². The Hall–Kier alpha value is -1.08. The van der Waals surface area contributed by atoms with Gasteiger partial charge in [-0.1, -0.05) is 0 Å². The van der Waals surface area contributed by atoms with Crippen LogP contribution >= 0.6 is 10.7 Å². The highest BCUT2D eigenvalue weighted by Gasteiger charge is 2.35. The molecule has 1 amide bonds. The van der Waals surface area contributed by atoms with Gasteiger partial charge in [-0.05, 0) is 6.92 Å². The van der Waals surface area contributed by atoms with E-state index in [0.717, 1.165) is 0 Å². The zero-order chi connectivity index (χ0) is 12.6. The van der Waals surface area contributed by atoms with Crippen molar-refractivity contribution in [3.63, 3.8) is 0 Å². The Morgan fingerprint density at radius 3 is 2.88 bits per heavy atom. The third-order valence-electron chi connectivity index (χ3n) is 2.48. The number of carbonyl (C=O) groups is 1. The molecule has 0 aromatic carbocycles. The van der Waals surface area contributed by atoms with Crippen LogP contribution in [0.25, 0.3) is 0 Å². The van der Waals surface area contributed by atoms with Crippen LogP contribution in [-0.2, 0) is 13.8 Å². The van der Waals surface area contributed by atoms with Crippen molar-refractivity contribution in [2.24, 2.45) is 5.92 Å². The molecule has 1 aliphatic heterocycles. The Bertz CT molecular complexity index is 539. The molecule has 0 spiro atoms. The molecular formula is C9H11ClN2O4S. The normalized spacial score (nSPS) is 21.2. The summed E-state index contributed by atoms with van der Waals surface area (Å²) in [5, 5.41) is 0. The number of aryl methyl sites for hydroxylation is 1. The van der Waals surface area contributed by atoms with Gasteiger partial charge in [-0.25, -0.2) is 8.42 Å². The van der Waals surface area contributed by atoms with E-state index in [0.29, 0.717) is 5.69 Å². The fourth-order valence-electron chi connectivity index (χ4n) is 1.83. The van der Waals surface area contributed by atoms with Gasteiger partial charge in [-0.15, -0.1) is 0 Å². The molecule has 2 rings (SSSR count). The summed E-state index contributed by atoms with van der Waals surface area (Å²) in [6, 6.07) is 0.210. The molecule has 1 aromatic rings. The third-order valence-corrected chi connectivity index (χ3v) is 3.73. The maximum Gasteiger partial charge on any atom is 0.304 e. The summed E-state index contributed by atoms with van der Waals surface area (Å²) in [4.78, 5) is 17.0. The smallest absolute Gasteiger partial charge is 0.304 e. The molecule has 0 aliphatic carbocycles. The van der Waals surface area contributed by atoms with E-state index in [1.807, 2.05) is 0 Å². The summed E-state index contributed by atoms with van der Waals surface area (Å²) in [7, 11) is 1.57. The maximum atomic E-state index is 11.7. The van der Waals surface area contributed by atoms with Gasteiger partial charge in [0.05, 0.1) is 11.4 Å². The van der Waals surface area contributed by atoms with Crippen LogP contribution in [0.5, 0.6) is 0 Å². The second-order valence-electron chi connectivity index (χ2n) is 4.05. The molecule has 1 atom stereocenters. The Balaban J connectivity index is 2.10. The number of nitrogens with zero attached hydrogens (tertiary/aromatic N) is 2. The molecule has 2 heterocycles. The van der Waals surface area contributed by atoms with Crippen molar-refractivity contribution in [2.45, 2.75) is 13.3 Å². The quantitative estimate of drug-likeness (QED) is 0.768. The minimum absolute atomic E-state index is 0.146. The highest BCUT2D eigenvalue weighted by molar-refractivity contribution is 8.13. The van der Waals surface area contributed by atoms with Gasteiger partial charge in [0.2, 0.25) is 15.0 Å². The van der Waals surface area contributed by atoms with E-state index >= 15 is 0 Å². The molecule has 1 fully saturated rings. The van der Waals surface area contributed by atoms with Crippen molar-refractivity contribution in [3.05, 3.63) is 12.0 Å². The van der Waals surface area contributed by atoms with Crippen molar-refractivity contribution < 1.29 is 17.6 Å². The van der Waals surface area contributed by atoms with Crippen LogP contribution in [-0.4, -0.2) is 31.6 Å². The molecule has 0 saturated carbocycles. The number of hydrogen-bond acceptors (Lipinski definition) is 5. The van der Waals surface area contributed by atoms with Crippen molar-refractivity contribution in [1.82, 2.24) is 4.98 Å². The van der Waals surface area contributed by atoms with Crippen LogP contribution in [0.4, 0.5) is 6.01 Å². The molecule has 1 aliphatic rings. The third kappa shape index (κ3) is 2.98. The fraction of sp³-hybridized carbons (Fsp3) is 0.556. The van der Waals surface area contributed by atoms with Gasteiger partial charge >= 0.3 is 6.01 Å². The molecule has 1 saturated heterocycles. The van der Waals surface area contributed by atoms with E-state index in [9.17, 15) is 13.2 Å². The molecular weight excluding hydrogens is 268 g/mol. The van der Waals surface area contributed by atoms with Gasteiger partial charge in [0, 0.05) is 29.6 Å². The average molecular weight is 279 g/mol. The van der Waals surface area contributed by atoms with Crippen molar-refractivity contribution in [2.75, 3.05) is 17.2 Å². The standard InChI is InChI=1S/C9H11ClN2O4S/c1-6-4-16-9(11-6)12-3-7(2-8(12)13)5-17(10,14)15/h4,7H,2-3,5H2,1H3. The summed E-state index contributed by atoms with van der Waals surface area (Å²) in [5.74, 6) is -0.717. The van der Waals surface area contributed by atoms with E-state index < -0.39 is 9.05 Å². The monoisotopic (exact) mass is 278 g/mol. The maximum absolute atomic E-state index is 11.7. The lowest BCUT2D eigenvalue weighted by Gasteiger charge is -2.10. The molecule has 0 bridgehead atoms. The molecule has 1 aromatic heterocycles. The number of amides is 1. The zero-order valence-electron chi connectivity index (χ0n) is 9.09. The van der Waals surface area contributed by atoms with Gasteiger partial charge in [0.25, 0.3) is 0 Å². The minimum atomic E-state index is -3.59. The first-order valence-electron chi connectivity index (χ1n) is 5.00. The lowest BCUT2D eigenvalue weighted by molar-refractivity contribution is -0.117. The van der Waals surface area contributed by atoms with E-state index in [2.05, 4.69) is 4.98 Å². The first-order valence-corrected chi connectivity index (χ1v) is 7.48. The predicted molar refractivity (Wildman–Crippen MR) is 61.3 cm³/mol. The van der Waals surface area contributed by atoms with Crippen LogP contribution in [0.15, 0.2) is 10.7 Å². The van der Waals surface area contributed by atoms with Gasteiger partial charge in [-0.3, -0.25) is 9.69 Å².